The van der Waals surface area contributed by atoms with Gasteiger partial charge in [-0.2, -0.15) is 0 Å². The molecule has 0 spiro atoms. The molecule has 0 bridgehead atoms. The summed E-state index contributed by atoms with van der Waals surface area (Å²) in [5, 5.41) is 0. The van der Waals surface area contributed by atoms with Gasteiger partial charge in [-0.3, -0.25) is 4.98 Å². The third-order valence-corrected chi connectivity index (χ3v) is 2.76. The molecule has 0 saturated heterocycles. The molecule has 2 aromatic rings. The van der Waals surface area contributed by atoms with Crippen LogP contribution in [0.2, 0.25) is 0 Å². The standard InChI is InChI=1S/C15H18N2O2/c1-11(16)15(14-8-3-4-9-17-14)19-13-7-5-6-12(10-13)18-2/h3-11,15H,16H2,1-2H3. The van der Waals surface area contributed by atoms with E-state index < -0.39 is 0 Å². The average Bonchev–Trinajstić information content (AvgIpc) is 2.45. The number of rotatable bonds is 5. The first-order valence-corrected chi connectivity index (χ1v) is 6.18. The number of hydrogen-bond acceptors (Lipinski definition) is 4. The van der Waals surface area contributed by atoms with Gasteiger partial charge in [0.25, 0.3) is 0 Å². The molecule has 0 aliphatic rings. The van der Waals surface area contributed by atoms with Gasteiger partial charge in [-0.15, -0.1) is 0 Å². The molecule has 0 amide bonds. The van der Waals surface area contributed by atoms with Gasteiger partial charge in [0.1, 0.15) is 11.5 Å². The van der Waals surface area contributed by atoms with Gasteiger partial charge in [-0.25, -0.2) is 0 Å². The number of pyridine rings is 1. The summed E-state index contributed by atoms with van der Waals surface area (Å²) < 4.78 is 11.1. The fourth-order valence-corrected chi connectivity index (χ4v) is 1.80. The zero-order valence-corrected chi connectivity index (χ0v) is 11.1. The Hall–Kier alpha value is -2.07. The van der Waals surface area contributed by atoms with Gasteiger partial charge in [-0.05, 0) is 31.2 Å². The Labute approximate surface area is 113 Å². The topological polar surface area (TPSA) is 57.4 Å². The fourth-order valence-electron chi connectivity index (χ4n) is 1.80. The highest BCUT2D eigenvalue weighted by Crippen LogP contribution is 2.25. The number of nitrogens with two attached hydrogens (primary N) is 1. The van der Waals surface area contributed by atoms with E-state index in [0.717, 1.165) is 11.4 Å². The van der Waals surface area contributed by atoms with Gasteiger partial charge in [-0.1, -0.05) is 12.1 Å². The molecule has 0 saturated carbocycles. The molecule has 2 unspecified atom stereocenters. The van der Waals surface area contributed by atoms with E-state index in [9.17, 15) is 0 Å². The van der Waals surface area contributed by atoms with Crippen molar-refractivity contribution in [3.63, 3.8) is 0 Å². The largest absolute Gasteiger partial charge is 0.497 e. The zero-order chi connectivity index (χ0) is 13.7. The fraction of sp³-hybridized carbons (Fsp3) is 0.267. The summed E-state index contributed by atoms with van der Waals surface area (Å²) in [6.07, 6.45) is 1.45. The number of nitrogens with zero attached hydrogens (tertiary/aromatic N) is 1. The van der Waals surface area contributed by atoms with Crippen molar-refractivity contribution in [2.75, 3.05) is 7.11 Å². The summed E-state index contributed by atoms with van der Waals surface area (Å²) in [5.74, 6) is 1.47. The molecule has 0 fully saturated rings. The van der Waals surface area contributed by atoms with Gasteiger partial charge >= 0.3 is 0 Å². The first-order chi connectivity index (χ1) is 9.20. The summed E-state index contributed by atoms with van der Waals surface area (Å²) in [7, 11) is 1.63. The highest BCUT2D eigenvalue weighted by molar-refractivity contribution is 5.33. The van der Waals surface area contributed by atoms with E-state index in [1.807, 2.05) is 49.4 Å². The molecule has 1 heterocycles. The monoisotopic (exact) mass is 258 g/mol. The van der Waals surface area contributed by atoms with Crippen LogP contribution in [0.3, 0.4) is 0 Å². The highest BCUT2D eigenvalue weighted by atomic mass is 16.5. The Morgan fingerprint density at radius 2 is 1.89 bits per heavy atom. The third-order valence-electron chi connectivity index (χ3n) is 2.76. The average molecular weight is 258 g/mol. The van der Waals surface area contributed by atoms with Crippen LogP contribution in [0.25, 0.3) is 0 Å². The molecular weight excluding hydrogens is 240 g/mol. The molecule has 0 aliphatic heterocycles. The zero-order valence-electron chi connectivity index (χ0n) is 11.1. The number of aromatic nitrogens is 1. The Morgan fingerprint density at radius 3 is 2.53 bits per heavy atom. The molecule has 2 N–H and O–H groups in total. The van der Waals surface area contributed by atoms with E-state index in [4.69, 9.17) is 15.2 Å². The maximum atomic E-state index is 5.99. The van der Waals surface area contributed by atoms with Crippen molar-refractivity contribution in [2.24, 2.45) is 5.73 Å². The van der Waals surface area contributed by atoms with Crippen molar-refractivity contribution < 1.29 is 9.47 Å². The lowest BCUT2D eigenvalue weighted by molar-refractivity contribution is 0.175. The van der Waals surface area contributed by atoms with Crippen LogP contribution in [0.4, 0.5) is 0 Å². The van der Waals surface area contributed by atoms with Crippen molar-refractivity contribution in [3.8, 4) is 11.5 Å². The van der Waals surface area contributed by atoms with E-state index in [2.05, 4.69) is 4.98 Å². The smallest absolute Gasteiger partial charge is 0.155 e. The minimum atomic E-state index is -0.284. The Balaban J connectivity index is 2.21. The summed E-state index contributed by atoms with van der Waals surface area (Å²) >= 11 is 0. The van der Waals surface area contributed by atoms with E-state index in [-0.39, 0.29) is 12.1 Å². The Morgan fingerprint density at radius 1 is 1.11 bits per heavy atom. The molecule has 0 radical (unpaired) electrons. The lowest BCUT2D eigenvalue weighted by atomic mass is 10.1. The quantitative estimate of drug-likeness (QED) is 0.895. The Kier molecular flexibility index (Phi) is 4.36. The molecule has 4 heteroatoms. The van der Waals surface area contributed by atoms with Gasteiger partial charge in [0.15, 0.2) is 6.10 Å². The molecule has 100 valence electrons. The predicted octanol–water partition coefficient (Wildman–Crippen LogP) is 2.56. The molecule has 2 rings (SSSR count). The van der Waals surface area contributed by atoms with Crippen molar-refractivity contribution in [3.05, 3.63) is 54.4 Å². The summed E-state index contributed by atoms with van der Waals surface area (Å²) in [6.45, 7) is 1.90. The van der Waals surface area contributed by atoms with Gasteiger partial charge in [0.2, 0.25) is 0 Å². The van der Waals surface area contributed by atoms with Gasteiger partial charge in [0, 0.05) is 18.3 Å². The normalized spacial score (nSPS) is 13.6. The van der Waals surface area contributed by atoms with Crippen LogP contribution in [0.1, 0.15) is 18.7 Å². The van der Waals surface area contributed by atoms with Crippen LogP contribution in [0.5, 0.6) is 11.5 Å². The van der Waals surface area contributed by atoms with Crippen molar-refractivity contribution >= 4 is 0 Å². The van der Waals surface area contributed by atoms with Gasteiger partial charge < -0.3 is 15.2 Å². The maximum absolute atomic E-state index is 5.99. The predicted molar refractivity (Wildman–Crippen MR) is 74.2 cm³/mol. The number of benzene rings is 1. The maximum Gasteiger partial charge on any atom is 0.155 e. The molecule has 0 aliphatic carbocycles. The highest BCUT2D eigenvalue weighted by Gasteiger charge is 2.19. The Bertz CT molecular complexity index is 515. The van der Waals surface area contributed by atoms with E-state index in [0.29, 0.717) is 5.75 Å². The summed E-state index contributed by atoms with van der Waals surface area (Å²) in [6, 6.07) is 13.0. The van der Waals surface area contributed by atoms with Crippen LogP contribution < -0.4 is 15.2 Å². The minimum Gasteiger partial charge on any atom is -0.497 e. The first-order valence-electron chi connectivity index (χ1n) is 6.18. The second-order valence-corrected chi connectivity index (χ2v) is 4.33. The summed E-state index contributed by atoms with van der Waals surface area (Å²) in [5.41, 5.74) is 6.81. The molecule has 4 nitrogen and oxygen atoms in total. The third kappa shape index (κ3) is 3.45. The van der Waals surface area contributed by atoms with Crippen molar-refractivity contribution in [2.45, 2.75) is 19.1 Å². The number of hydrogen-bond donors (Lipinski definition) is 1. The van der Waals surface area contributed by atoms with Crippen LogP contribution in [-0.4, -0.2) is 18.1 Å². The van der Waals surface area contributed by atoms with Crippen molar-refractivity contribution in [1.82, 2.24) is 4.98 Å². The van der Waals surface area contributed by atoms with Crippen LogP contribution in [-0.2, 0) is 0 Å². The molecule has 19 heavy (non-hydrogen) atoms. The molecule has 2 atom stereocenters. The second-order valence-electron chi connectivity index (χ2n) is 4.33. The summed E-state index contributed by atoms with van der Waals surface area (Å²) in [4.78, 5) is 4.30. The van der Waals surface area contributed by atoms with E-state index in [1.165, 1.54) is 0 Å². The second kappa shape index (κ2) is 6.20. The van der Waals surface area contributed by atoms with Crippen LogP contribution in [0.15, 0.2) is 48.7 Å². The van der Waals surface area contributed by atoms with E-state index >= 15 is 0 Å². The molecular formula is C15H18N2O2. The van der Waals surface area contributed by atoms with E-state index in [1.54, 1.807) is 13.3 Å². The molecule has 1 aromatic carbocycles. The molecule has 1 aromatic heterocycles. The SMILES string of the molecule is COc1cccc(OC(c2ccccn2)C(C)N)c1. The van der Waals surface area contributed by atoms with Crippen LogP contribution in [0, 0.1) is 0 Å². The lowest BCUT2D eigenvalue weighted by Crippen LogP contribution is -2.29. The number of ether oxygens (including phenoxy) is 2. The van der Waals surface area contributed by atoms with Crippen molar-refractivity contribution in [1.29, 1.82) is 0 Å². The van der Waals surface area contributed by atoms with Gasteiger partial charge in [0.05, 0.1) is 12.8 Å². The minimum absolute atomic E-state index is 0.166. The number of methoxy groups -OCH3 is 1. The first kappa shape index (κ1) is 13.4. The van der Waals surface area contributed by atoms with Crippen LogP contribution >= 0.6 is 0 Å². The lowest BCUT2D eigenvalue weighted by Gasteiger charge is -2.22.